The molecule has 1 aliphatic rings. The zero-order chi connectivity index (χ0) is 14.7. The molecule has 1 aromatic heterocycles. The van der Waals surface area contributed by atoms with Crippen LogP contribution in [0.1, 0.15) is 6.92 Å². The summed E-state index contributed by atoms with van der Waals surface area (Å²) in [4.78, 5) is 5.66. The number of nitrogens with one attached hydrogen (secondary N) is 2. The summed E-state index contributed by atoms with van der Waals surface area (Å²) in [6.45, 7) is 5.09. The second-order valence-electron chi connectivity index (χ2n) is 5.44. The maximum Gasteiger partial charge on any atom is 0.0923 e. The number of hydrogen-bond donors (Lipinski definition) is 3. The molecule has 2 aromatic rings. The van der Waals surface area contributed by atoms with Gasteiger partial charge in [-0.15, -0.1) is 0 Å². The summed E-state index contributed by atoms with van der Waals surface area (Å²) >= 11 is 0. The molecule has 0 saturated carbocycles. The van der Waals surface area contributed by atoms with Crippen LogP contribution in [-0.4, -0.2) is 24.6 Å². The molecule has 4 heteroatoms. The average molecular weight is 282 g/mol. The maximum absolute atomic E-state index is 5.80. The van der Waals surface area contributed by atoms with E-state index in [4.69, 9.17) is 5.73 Å². The minimum atomic E-state index is 0.471. The zero-order valence-electron chi connectivity index (χ0n) is 12.3. The van der Waals surface area contributed by atoms with Crippen LogP contribution in [0.15, 0.2) is 54.5 Å². The van der Waals surface area contributed by atoms with Crippen molar-refractivity contribution >= 4 is 5.69 Å². The summed E-state index contributed by atoms with van der Waals surface area (Å²) in [6.07, 6.45) is 4.08. The van der Waals surface area contributed by atoms with Gasteiger partial charge in [-0.3, -0.25) is 0 Å². The lowest BCUT2D eigenvalue weighted by Gasteiger charge is -2.26. The van der Waals surface area contributed by atoms with E-state index in [1.165, 1.54) is 11.3 Å². The van der Waals surface area contributed by atoms with Gasteiger partial charge in [-0.05, 0) is 42.8 Å². The molecule has 1 atom stereocenters. The van der Waals surface area contributed by atoms with Gasteiger partial charge in [-0.1, -0.05) is 12.1 Å². The van der Waals surface area contributed by atoms with Gasteiger partial charge < -0.3 is 20.9 Å². The SMILES string of the molecule is CCN(C[C@H]1C=C(N)NC1)c1cccc(-c2ccc[nH]2)c1. The summed E-state index contributed by atoms with van der Waals surface area (Å²) in [5.74, 6) is 1.27. The number of aromatic amines is 1. The molecular weight excluding hydrogens is 260 g/mol. The Morgan fingerprint density at radius 3 is 2.86 bits per heavy atom. The fourth-order valence-electron chi connectivity index (χ4n) is 2.82. The molecule has 0 unspecified atom stereocenters. The summed E-state index contributed by atoms with van der Waals surface area (Å²) in [6, 6.07) is 12.8. The molecule has 1 aromatic carbocycles. The van der Waals surface area contributed by atoms with Gasteiger partial charge in [0.15, 0.2) is 0 Å². The van der Waals surface area contributed by atoms with Crippen molar-refractivity contribution in [1.82, 2.24) is 10.3 Å². The van der Waals surface area contributed by atoms with Gasteiger partial charge in [0.05, 0.1) is 5.82 Å². The minimum absolute atomic E-state index is 0.471. The Balaban J connectivity index is 1.79. The predicted octanol–water partition coefficient (Wildman–Crippen LogP) is 2.53. The number of benzene rings is 1. The number of nitrogens with zero attached hydrogens (tertiary/aromatic N) is 1. The van der Waals surface area contributed by atoms with E-state index in [9.17, 15) is 0 Å². The van der Waals surface area contributed by atoms with Crippen LogP contribution in [0, 0.1) is 5.92 Å². The van der Waals surface area contributed by atoms with E-state index in [2.05, 4.69) is 58.5 Å². The first-order valence-corrected chi connectivity index (χ1v) is 7.46. The van der Waals surface area contributed by atoms with Gasteiger partial charge in [0, 0.05) is 43.1 Å². The van der Waals surface area contributed by atoms with Crippen LogP contribution >= 0.6 is 0 Å². The molecule has 0 fully saturated rings. The Labute approximate surface area is 125 Å². The molecule has 4 N–H and O–H groups in total. The highest BCUT2D eigenvalue weighted by molar-refractivity contribution is 5.65. The Morgan fingerprint density at radius 2 is 2.19 bits per heavy atom. The first-order chi connectivity index (χ1) is 10.3. The highest BCUT2D eigenvalue weighted by atomic mass is 15.1. The maximum atomic E-state index is 5.80. The third-order valence-corrected chi connectivity index (χ3v) is 3.94. The van der Waals surface area contributed by atoms with E-state index < -0.39 is 0 Å². The second-order valence-corrected chi connectivity index (χ2v) is 5.44. The standard InChI is InChI=1S/C17H22N4/c1-2-21(12-13-9-17(18)20-11-13)15-6-3-5-14(10-15)16-7-4-8-19-16/h3-10,13,19-20H,2,11-12,18H2,1H3/t13-/m0/s1. The summed E-state index contributed by atoms with van der Waals surface area (Å²) < 4.78 is 0. The quantitative estimate of drug-likeness (QED) is 0.790. The third-order valence-electron chi connectivity index (χ3n) is 3.94. The number of H-pyrrole nitrogens is 1. The summed E-state index contributed by atoms with van der Waals surface area (Å²) in [7, 11) is 0. The molecule has 2 heterocycles. The van der Waals surface area contributed by atoms with Gasteiger partial charge in [-0.2, -0.15) is 0 Å². The van der Waals surface area contributed by atoms with E-state index in [0.29, 0.717) is 5.92 Å². The van der Waals surface area contributed by atoms with Crippen molar-refractivity contribution in [3.05, 3.63) is 54.5 Å². The monoisotopic (exact) mass is 282 g/mol. The number of rotatable bonds is 5. The van der Waals surface area contributed by atoms with Crippen molar-refractivity contribution < 1.29 is 0 Å². The second kappa shape index (κ2) is 5.95. The third kappa shape index (κ3) is 3.05. The number of nitrogens with two attached hydrogens (primary N) is 1. The van der Waals surface area contributed by atoms with Crippen molar-refractivity contribution in [3.8, 4) is 11.3 Å². The van der Waals surface area contributed by atoms with Crippen LogP contribution in [0.2, 0.25) is 0 Å². The van der Waals surface area contributed by atoms with Gasteiger partial charge in [0.2, 0.25) is 0 Å². The van der Waals surface area contributed by atoms with Crippen LogP contribution in [0.4, 0.5) is 5.69 Å². The topological polar surface area (TPSA) is 57.1 Å². The lowest BCUT2D eigenvalue weighted by molar-refractivity contribution is 0.624. The minimum Gasteiger partial charge on any atom is -0.386 e. The largest absolute Gasteiger partial charge is 0.386 e. The van der Waals surface area contributed by atoms with Gasteiger partial charge in [-0.25, -0.2) is 0 Å². The molecule has 0 radical (unpaired) electrons. The Hall–Kier alpha value is -2.36. The lowest BCUT2D eigenvalue weighted by atomic mass is 10.1. The molecule has 0 bridgehead atoms. The normalized spacial score (nSPS) is 17.4. The molecule has 110 valence electrons. The van der Waals surface area contributed by atoms with Crippen LogP contribution in [0.5, 0.6) is 0 Å². The molecule has 1 aliphatic heterocycles. The lowest BCUT2D eigenvalue weighted by Crippen LogP contribution is -2.30. The molecule has 0 saturated heterocycles. The first kappa shape index (κ1) is 13.6. The fourth-order valence-corrected chi connectivity index (χ4v) is 2.82. The van der Waals surface area contributed by atoms with E-state index in [-0.39, 0.29) is 0 Å². The predicted molar refractivity (Wildman–Crippen MR) is 87.9 cm³/mol. The smallest absolute Gasteiger partial charge is 0.0923 e. The zero-order valence-corrected chi connectivity index (χ0v) is 12.3. The molecule has 3 rings (SSSR count). The van der Waals surface area contributed by atoms with E-state index in [1.807, 2.05) is 12.3 Å². The Bertz CT molecular complexity index is 615. The van der Waals surface area contributed by atoms with Crippen molar-refractivity contribution in [2.45, 2.75) is 6.92 Å². The molecule has 4 nitrogen and oxygen atoms in total. The van der Waals surface area contributed by atoms with Crippen LogP contribution < -0.4 is 16.0 Å². The molecule has 0 spiro atoms. The van der Waals surface area contributed by atoms with Crippen LogP contribution in [-0.2, 0) is 0 Å². The summed E-state index contributed by atoms with van der Waals surface area (Å²) in [5, 5.41) is 3.19. The van der Waals surface area contributed by atoms with Gasteiger partial charge in [0.25, 0.3) is 0 Å². The number of anilines is 1. The van der Waals surface area contributed by atoms with Crippen molar-refractivity contribution in [2.75, 3.05) is 24.5 Å². The average Bonchev–Trinajstić information content (AvgIpc) is 3.16. The summed E-state index contributed by atoms with van der Waals surface area (Å²) in [5.41, 5.74) is 9.42. The highest BCUT2D eigenvalue weighted by Gasteiger charge is 2.17. The molecule has 0 amide bonds. The number of hydrogen-bond acceptors (Lipinski definition) is 3. The molecular formula is C17H22N4. The first-order valence-electron chi connectivity index (χ1n) is 7.46. The van der Waals surface area contributed by atoms with Crippen molar-refractivity contribution in [3.63, 3.8) is 0 Å². The van der Waals surface area contributed by atoms with Crippen molar-refractivity contribution in [2.24, 2.45) is 11.7 Å². The Kier molecular flexibility index (Phi) is 3.86. The number of aromatic nitrogens is 1. The van der Waals surface area contributed by atoms with Crippen LogP contribution in [0.25, 0.3) is 11.3 Å². The van der Waals surface area contributed by atoms with Crippen LogP contribution in [0.3, 0.4) is 0 Å². The van der Waals surface area contributed by atoms with E-state index in [1.54, 1.807) is 0 Å². The van der Waals surface area contributed by atoms with E-state index >= 15 is 0 Å². The Morgan fingerprint density at radius 1 is 1.29 bits per heavy atom. The van der Waals surface area contributed by atoms with Gasteiger partial charge >= 0.3 is 0 Å². The van der Waals surface area contributed by atoms with E-state index in [0.717, 1.165) is 31.1 Å². The molecule has 21 heavy (non-hydrogen) atoms. The molecule has 0 aliphatic carbocycles. The van der Waals surface area contributed by atoms with Crippen molar-refractivity contribution in [1.29, 1.82) is 0 Å². The highest BCUT2D eigenvalue weighted by Crippen LogP contribution is 2.24. The van der Waals surface area contributed by atoms with Gasteiger partial charge in [0.1, 0.15) is 0 Å². The fraction of sp³-hybridized carbons (Fsp3) is 0.294.